The van der Waals surface area contributed by atoms with Gasteiger partial charge in [0.25, 0.3) is 5.56 Å². The third-order valence-electron chi connectivity index (χ3n) is 6.99. The largest absolute Gasteiger partial charge is 0.496 e. The Kier molecular flexibility index (Phi) is 10.6. The zero-order valence-corrected chi connectivity index (χ0v) is 25.5. The second kappa shape index (κ2) is 13.8. The quantitative estimate of drug-likeness (QED) is 0.225. The number of nitriles is 1. The molecule has 13 heteroatoms. The monoisotopic (exact) mass is 602 g/mol. The van der Waals surface area contributed by atoms with Crippen molar-refractivity contribution in [1.29, 1.82) is 5.26 Å². The number of amides is 1. The van der Waals surface area contributed by atoms with Crippen LogP contribution in [-0.2, 0) is 20.8 Å². The number of carbonyl (C=O) groups excluding carboxylic acids is 2. The van der Waals surface area contributed by atoms with E-state index in [1.165, 1.54) is 41.7 Å². The van der Waals surface area contributed by atoms with Gasteiger partial charge in [-0.15, -0.1) is 11.3 Å². The Balaban J connectivity index is 2.36. The van der Waals surface area contributed by atoms with Crippen LogP contribution in [0.4, 0.5) is 4.39 Å². The second-order valence-corrected chi connectivity index (χ2v) is 10.9. The zero-order valence-electron chi connectivity index (χ0n) is 24.7. The highest BCUT2D eigenvalue weighted by Gasteiger charge is 2.31. The summed E-state index contributed by atoms with van der Waals surface area (Å²) in [5.74, 6) is -1.40. The number of hydrogen-bond donors (Lipinski definition) is 0. The molecule has 0 fully saturated rings. The van der Waals surface area contributed by atoms with Crippen molar-refractivity contribution in [3.05, 3.63) is 60.9 Å². The summed E-state index contributed by atoms with van der Waals surface area (Å²) in [4.78, 5) is 55.8. The van der Waals surface area contributed by atoms with Crippen LogP contribution in [-0.4, -0.2) is 59.3 Å². The minimum Gasteiger partial charge on any atom is -0.496 e. The summed E-state index contributed by atoms with van der Waals surface area (Å²) in [6, 6.07) is 4.45. The van der Waals surface area contributed by atoms with Crippen molar-refractivity contribution in [2.75, 3.05) is 27.4 Å². The Bertz CT molecular complexity index is 1640. The highest BCUT2D eigenvalue weighted by Crippen LogP contribution is 2.33. The lowest BCUT2D eigenvalue weighted by Crippen LogP contribution is -2.47. The molecule has 42 heavy (non-hydrogen) atoms. The maximum Gasteiger partial charge on any atom is 0.348 e. The lowest BCUT2D eigenvalue weighted by molar-refractivity contribution is -0.134. The van der Waals surface area contributed by atoms with Crippen LogP contribution in [0.15, 0.2) is 27.8 Å². The van der Waals surface area contributed by atoms with Crippen LogP contribution in [0, 0.1) is 24.1 Å². The van der Waals surface area contributed by atoms with Gasteiger partial charge in [0.2, 0.25) is 5.91 Å². The standard InChI is InChI=1S/C29H35FN4O7S/c1-8-40-28(37)24-17(4)23-26(36)34(18(5)25(35)32(6)16(2)3)29(38)33(27(23)42-24)15-22(41-13-9-12-31)20-14-19(30)10-11-21(20)39-7/h10-11,14,16,18,22H,8-9,13,15H2,1-7H3/t18?,22-/m0/s1. The first kappa shape index (κ1) is 32.5. The Morgan fingerprint density at radius 2 is 1.90 bits per heavy atom. The third-order valence-corrected chi connectivity index (χ3v) is 8.29. The molecule has 2 aromatic heterocycles. The van der Waals surface area contributed by atoms with E-state index >= 15 is 0 Å². The Hall–Kier alpha value is -4.02. The van der Waals surface area contributed by atoms with Crippen molar-refractivity contribution in [3.8, 4) is 11.8 Å². The molecule has 3 rings (SSSR count). The number of esters is 1. The van der Waals surface area contributed by atoms with E-state index in [2.05, 4.69) is 0 Å². The van der Waals surface area contributed by atoms with Gasteiger partial charge in [0, 0.05) is 18.7 Å². The van der Waals surface area contributed by atoms with Gasteiger partial charge >= 0.3 is 11.7 Å². The number of aromatic nitrogens is 2. The summed E-state index contributed by atoms with van der Waals surface area (Å²) in [5, 5.41) is 9.16. The first-order valence-electron chi connectivity index (χ1n) is 13.4. The van der Waals surface area contributed by atoms with E-state index in [1.54, 1.807) is 34.7 Å². The highest BCUT2D eigenvalue weighted by molar-refractivity contribution is 7.20. The lowest BCUT2D eigenvalue weighted by Gasteiger charge is -2.27. The van der Waals surface area contributed by atoms with E-state index in [9.17, 15) is 23.6 Å². The van der Waals surface area contributed by atoms with Crippen LogP contribution in [0.25, 0.3) is 10.2 Å². The molecule has 2 atom stereocenters. The van der Waals surface area contributed by atoms with Crippen molar-refractivity contribution < 1.29 is 28.2 Å². The number of carbonyl (C=O) groups is 2. The molecular formula is C29H35FN4O7S. The number of halogens is 1. The lowest BCUT2D eigenvalue weighted by atomic mass is 10.1. The average molecular weight is 603 g/mol. The third kappa shape index (κ3) is 6.39. The molecule has 0 aliphatic rings. The van der Waals surface area contributed by atoms with Gasteiger partial charge in [0.05, 0.1) is 44.7 Å². The van der Waals surface area contributed by atoms with Crippen LogP contribution in [0.1, 0.15) is 67.1 Å². The molecule has 0 saturated carbocycles. The van der Waals surface area contributed by atoms with E-state index in [-0.39, 0.29) is 58.6 Å². The minimum atomic E-state index is -1.18. The molecule has 0 N–H and O–H groups in total. The molecule has 0 radical (unpaired) electrons. The topological polar surface area (TPSA) is 133 Å². The van der Waals surface area contributed by atoms with Gasteiger partial charge in [-0.2, -0.15) is 5.26 Å². The molecule has 1 unspecified atom stereocenters. The number of nitrogens with zero attached hydrogens (tertiary/aromatic N) is 4. The molecular weight excluding hydrogens is 567 g/mol. The molecule has 2 heterocycles. The van der Waals surface area contributed by atoms with E-state index in [0.717, 1.165) is 15.9 Å². The summed E-state index contributed by atoms with van der Waals surface area (Å²) < 4.78 is 33.1. The van der Waals surface area contributed by atoms with Gasteiger partial charge in [-0.1, -0.05) is 0 Å². The predicted molar refractivity (Wildman–Crippen MR) is 156 cm³/mol. The highest BCUT2D eigenvalue weighted by atomic mass is 32.1. The van der Waals surface area contributed by atoms with Crippen molar-refractivity contribution in [3.63, 3.8) is 0 Å². The molecule has 0 spiro atoms. The SMILES string of the molecule is CCOC(=O)c1sc2c(c1C)c(=O)n(C(C)C(=O)N(C)C(C)C)c(=O)n2C[C@H](OCCC#N)c1cc(F)ccc1OC. The Labute approximate surface area is 246 Å². The molecule has 3 aromatic rings. The van der Waals surface area contributed by atoms with Gasteiger partial charge < -0.3 is 19.1 Å². The van der Waals surface area contributed by atoms with Gasteiger partial charge in [0.1, 0.15) is 33.4 Å². The number of hydrogen-bond acceptors (Lipinski definition) is 9. The number of benzene rings is 1. The van der Waals surface area contributed by atoms with Crippen molar-refractivity contribution in [2.24, 2.45) is 0 Å². The van der Waals surface area contributed by atoms with Crippen LogP contribution >= 0.6 is 11.3 Å². The molecule has 0 bridgehead atoms. The number of methoxy groups -OCH3 is 1. The fourth-order valence-corrected chi connectivity index (χ4v) is 5.72. The Morgan fingerprint density at radius 1 is 1.21 bits per heavy atom. The summed E-state index contributed by atoms with van der Waals surface area (Å²) in [6.07, 6.45) is -0.982. The number of thiophene rings is 1. The molecule has 0 aliphatic carbocycles. The minimum absolute atomic E-state index is 0.0239. The normalized spacial score (nSPS) is 12.7. The van der Waals surface area contributed by atoms with E-state index in [0.29, 0.717) is 5.56 Å². The van der Waals surface area contributed by atoms with Crippen molar-refractivity contribution in [2.45, 2.75) is 65.8 Å². The Morgan fingerprint density at radius 3 is 2.50 bits per heavy atom. The first-order valence-corrected chi connectivity index (χ1v) is 14.2. The van der Waals surface area contributed by atoms with Crippen LogP contribution in [0.3, 0.4) is 0 Å². The predicted octanol–water partition coefficient (Wildman–Crippen LogP) is 3.96. The first-order chi connectivity index (χ1) is 19.9. The number of likely N-dealkylation sites (N-methyl/N-ethyl adjacent to an activating group) is 1. The van der Waals surface area contributed by atoms with Crippen LogP contribution in [0.2, 0.25) is 0 Å². The summed E-state index contributed by atoms with van der Waals surface area (Å²) in [7, 11) is 2.98. The molecule has 0 saturated heterocycles. The smallest absolute Gasteiger partial charge is 0.348 e. The van der Waals surface area contributed by atoms with E-state index < -0.39 is 41.1 Å². The second-order valence-electron chi connectivity index (χ2n) is 9.90. The molecule has 11 nitrogen and oxygen atoms in total. The van der Waals surface area contributed by atoms with Crippen molar-refractivity contribution in [1.82, 2.24) is 14.0 Å². The van der Waals surface area contributed by atoms with E-state index in [4.69, 9.17) is 19.5 Å². The van der Waals surface area contributed by atoms with Crippen molar-refractivity contribution >= 4 is 33.4 Å². The number of aryl methyl sites for hydroxylation is 1. The van der Waals surface area contributed by atoms with Gasteiger partial charge in [-0.05, 0) is 58.4 Å². The van der Waals surface area contributed by atoms with Gasteiger partial charge in [-0.25, -0.2) is 18.5 Å². The zero-order chi connectivity index (χ0) is 31.3. The number of fused-ring (bicyclic) bond motifs is 1. The van der Waals surface area contributed by atoms with Crippen LogP contribution < -0.4 is 16.0 Å². The molecule has 1 aromatic carbocycles. The van der Waals surface area contributed by atoms with Crippen LogP contribution in [0.5, 0.6) is 5.75 Å². The fraction of sp³-hybridized carbons (Fsp3) is 0.483. The van der Waals surface area contributed by atoms with Gasteiger partial charge in [0.15, 0.2) is 0 Å². The molecule has 1 amide bonds. The maximum absolute atomic E-state index is 14.4. The summed E-state index contributed by atoms with van der Waals surface area (Å²) >= 11 is 0.912. The summed E-state index contributed by atoms with van der Waals surface area (Å²) in [6.45, 7) is 8.12. The maximum atomic E-state index is 14.4. The number of ether oxygens (including phenoxy) is 3. The van der Waals surface area contributed by atoms with Gasteiger partial charge in [-0.3, -0.25) is 14.2 Å². The molecule has 0 aliphatic heterocycles. The molecule has 226 valence electrons. The fourth-order valence-electron chi connectivity index (χ4n) is 4.53. The average Bonchev–Trinajstić information content (AvgIpc) is 3.30. The summed E-state index contributed by atoms with van der Waals surface area (Å²) in [5.41, 5.74) is -0.954. The van der Waals surface area contributed by atoms with E-state index in [1.807, 2.05) is 6.07 Å². The number of rotatable bonds is 12.